The zero-order valence-corrected chi connectivity index (χ0v) is 16.2. The molecule has 1 unspecified atom stereocenters. The van der Waals surface area contributed by atoms with Crippen LogP contribution in [0.2, 0.25) is 0 Å². The minimum absolute atomic E-state index is 0.0117. The van der Waals surface area contributed by atoms with E-state index in [4.69, 9.17) is 4.74 Å². The Bertz CT molecular complexity index is 736. The number of aliphatic hydroxyl groups is 1. The summed E-state index contributed by atoms with van der Waals surface area (Å²) >= 11 is 0. The Kier molecular flexibility index (Phi) is 6.51. The van der Waals surface area contributed by atoms with Crippen LogP contribution in [-0.2, 0) is 4.79 Å². The molecule has 0 radical (unpaired) electrons. The van der Waals surface area contributed by atoms with E-state index in [1.54, 1.807) is 0 Å². The van der Waals surface area contributed by atoms with Gasteiger partial charge in [0.1, 0.15) is 5.75 Å². The van der Waals surface area contributed by atoms with E-state index < -0.39 is 6.10 Å². The van der Waals surface area contributed by atoms with Crippen molar-refractivity contribution in [3.05, 3.63) is 65.7 Å². The van der Waals surface area contributed by atoms with E-state index in [1.807, 2.05) is 53.4 Å². The van der Waals surface area contributed by atoms with Gasteiger partial charge in [0.25, 0.3) is 5.91 Å². The molecule has 1 aliphatic heterocycles. The lowest BCUT2D eigenvalue weighted by Crippen LogP contribution is -2.42. The van der Waals surface area contributed by atoms with Crippen LogP contribution in [0.15, 0.2) is 54.6 Å². The van der Waals surface area contributed by atoms with Crippen LogP contribution in [0.5, 0.6) is 5.75 Å². The van der Waals surface area contributed by atoms with Crippen molar-refractivity contribution in [2.24, 2.45) is 5.92 Å². The smallest absolute Gasteiger partial charge is 0.260 e. The quantitative estimate of drug-likeness (QED) is 0.834. The number of nitrogens with zero attached hydrogens (tertiary/aromatic N) is 1. The molecule has 0 aliphatic carbocycles. The summed E-state index contributed by atoms with van der Waals surface area (Å²) in [5, 5.41) is 10.6. The summed E-state index contributed by atoms with van der Waals surface area (Å²) < 4.78 is 5.71. The van der Waals surface area contributed by atoms with Crippen LogP contribution >= 0.6 is 0 Å². The molecule has 0 saturated carbocycles. The lowest BCUT2D eigenvalue weighted by atomic mass is 9.87. The summed E-state index contributed by atoms with van der Waals surface area (Å²) in [6, 6.07) is 17.7. The van der Waals surface area contributed by atoms with Crippen molar-refractivity contribution >= 4 is 5.91 Å². The first-order chi connectivity index (χ1) is 13.0. The van der Waals surface area contributed by atoms with Crippen molar-refractivity contribution in [2.75, 3.05) is 19.7 Å². The van der Waals surface area contributed by atoms with Crippen molar-refractivity contribution in [1.29, 1.82) is 0 Å². The second-order valence-electron chi connectivity index (χ2n) is 7.59. The minimum Gasteiger partial charge on any atom is -0.484 e. The molecule has 1 fully saturated rings. The van der Waals surface area contributed by atoms with Gasteiger partial charge in [0.05, 0.1) is 6.10 Å². The molecule has 144 valence electrons. The maximum Gasteiger partial charge on any atom is 0.260 e. The molecule has 1 saturated heterocycles. The van der Waals surface area contributed by atoms with E-state index in [2.05, 4.69) is 19.9 Å². The molecule has 2 aromatic carbocycles. The fourth-order valence-electron chi connectivity index (χ4n) is 3.59. The van der Waals surface area contributed by atoms with Crippen LogP contribution in [-0.4, -0.2) is 35.6 Å². The minimum atomic E-state index is -0.460. The predicted octanol–water partition coefficient (Wildman–Crippen LogP) is 4.16. The second kappa shape index (κ2) is 9.05. The number of carbonyl (C=O) groups excluding carboxylic acids is 1. The highest BCUT2D eigenvalue weighted by atomic mass is 16.5. The van der Waals surface area contributed by atoms with Gasteiger partial charge in [-0.15, -0.1) is 0 Å². The monoisotopic (exact) mass is 367 g/mol. The third-order valence-corrected chi connectivity index (χ3v) is 5.37. The number of carbonyl (C=O) groups is 1. The van der Waals surface area contributed by atoms with Gasteiger partial charge in [-0.05, 0) is 47.9 Å². The Morgan fingerprint density at radius 3 is 2.41 bits per heavy atom. The normalized spacial score (nSPS) is 16.4. The van der Waals surface area contributed by atoms with Crippen LogP contribution in [0.4, 0.5) is 0 Å². The molecule has 1 atom stereocenters. The van der Waals surface area contributed by atoms with E-state index in [1.165, 1.54) is 5.56 Å². The standard InChI is InChI=1S/C23H29NO3/c1-17(2)20-9-6-10-21(15-20)27-16-22(25)24-13-11-19(12-14-24)23(26)18-7-4-3-5-8-18/h3-10,15,17,19,23,26H,11-14,16H2,1-2H3. The summed E-state index contributed by atoms with van der Waals surface area (Å²) in [5.41, 5.74) is 2.16. The Labute approximate surface area is 161 Å². The Morgan fingerprint density at radius 1 is 1.07 bits per heavy atom. The van der Waals surface area contributed by atoms with Gasteiger partial charge in [-0.25, -0.2) is 0 Å². The van der Waals surface area contributed by atoms with Gasteiger partial charge in [-0.1, -0.05) is 56.3 Å². The first kappa shape index (κ1) is 19.4. The number of piperidine rings is 1. The van der Waals surface area contributed by atoms with Gasteiger partial charge in [-0.3, -0.25) is 4.79 Å². The summed E-state index contributed by atoms with van der Waals surface area (Å²) in [6.45, 7) is 5.68. The fourth-order valence-corrected chi connectivity index (χ4v) is 3.59. The molecule has 4 nitrogen and oxygen atoms in total. The van der Waals surface area contributed by atoms with E-state index in [-0.39, 0.29) is 18.4 Å². The molecule has 3 rings (SSSR count). The zero-order valence-electron chi connectivity index (χ0n) is 16.2. The van der Waals surface area contributed by atoms with Gasteiger partial charge >= 0.3 is 0 Å². The highest BCUT2D eigenvalue weighted by Crippen LogP contribution is 2.30. The molecule has 2 aromatic rings. The number of likely N-dealkylation sites (tertiary alicyclic amines) is 1. The third-order valence-electron chi connectivity index (χ3n) is 5.37. The van der Waals surface area contributed by atoms with Crippen molar-refractivity contribution in [2.45, 2.75) is 38.7 Å². The van der Waals surface area contributed by atoms with Crippen LogP contribution in [0.25, 0.3) is 0 Å². The molecule has 4 heteroatoms. The molecular weight excluding hydrogens is 338 g/mol. The number of rotatable bonds is 6. The number of aliphatic hydroxyl groups excluding tert-OH is 1. The maximum atomic E-state index is 12.5. The van der Waals surface area contributed by atoms with E-state index in [0.29, 0.717) is 19.0 Å². The van der Waals surface area contributed by atoms with Crippen molar-refractivity contribution in [3.8, 4) is 5.75 Å². The van der Waals surface area contributed by atoms with Crippen LogP contribution in [0, 0.1) is 5.92 Å². The van der Waals surface area contributed by atoms with Crippen LogP contribution in [0.1, 0.15) is 49.8 Å². The van der Waals surface area contributed by atoms with Crippen molar-refractivity contribution in [3.63, 3.8) is 0 Å². The second-order valence-corrected chi connectivity index (χ2v) is 7.59. The Morgan fingerprint density at radius 2 is 1.74 bits per heavy atom. The first-order valence-corrected chi connectivity index (χ1v) is 9.78. The lowest BCUT2D eigenvalue weighted by Gasteiger charge is -2.34. The van der Waals surface area contributed by atoms with Gasteiger partial charge in [0, 0.05) is 13.1 Å². The topological polar surface area (TPSA) is 49.8 Å². The highest BCUT2D eigenvalue weighted by molar-refractivity contribution is 5.77. The van der Waals surface area contributed by atoms with Gasteiger partial charge in [0.2, 0.25) is 0 Å². The van der Waals surface area contributed by atoms with E-state index in [0.717, 1.165) is 24.2 Å². The summed E-state index contributed by atoms with van der Waals surface area (Å²) in [5.74, 6) is 1.38. The Balaban J connectivity index is 1.48. The number of hydrogen-bond acceptors (Lipinski definition) is 3. The van der Waals surface area contributed by atoms with E-state index >= 15 is 0 Å². The molecule has 0 bridgehead atoms. The average Bonchev–Trinajstić information content (AvgIpc) is 2.72. The highest BCUT2D eigenvalue weighted by Gasteiger charge is 2.28. The number of amides is 1. The molecule has 0 spiro atoms. The zero-order chi connectivity index (χ0) is 19.2. The van der Waals surface area contributed by atoms with E-state index in [9.17, 15) is 9.90 Å². The third kappa shape index (κ3) is 5.10. The molecule has 1 aliphatic rings. The fraction of sp³-hybridized carbons (Fsp3) is 0.435. The summed E-state index contributed by atoms with van der Waals surface area (Å²) in [6.07, 6.45) is 1.16. The SMILES string of the molecule is CC(C)c1cccc(OCC(=O)N2CCC(C(O)c3ccccc3)CC2)c1. The molecule has 1 N–H and O–H groups in total. The van der Waals surface area contributed by atoms with Crippen LogP contribution in [0.3, 0.4) is 0 Å². The number of ether oxygens (including phenoxy) is 1. The van der Waals surface area contributed by atoms with Crippen molar-refractivity contribution in [1.82, 2.24) is 4.90 Å². The summed E-state index contributed by atoms with van der Waals surface area (Å²) in [7, 11) is 0. The molecule has 1 heterocycles. The number of benzene rings is 2. The van der Waals surface area contributed by atoms with Gasteiger partial charge < -0.3 is 14.7 Å². The number of hydrogen-bond donors (Lipinski definition) is 1. The molecule has 0 aromatic heterocycles. The molecule has 27 heavy (non-hydrogen) atoms. The summed E-state index contributed by atoms with van der Waals surface area (Å²) in [4.78, 5) is 14.3. The molecule has 1 amide bonds. The predicted molar refractivity (Wildman–Crippen MR) is 107 cm³/mol. The molecular formula is C23H29NO3. The first-order valence-electron chi connectivity index (χ1n) is 9.78. The largest absolute Gasteiger partial charge is 0.484 e. The average molecular weight is 367 g/mol. The Hall–Kier alpha value is -2.33. The van der Waals surface area contributed by atoms with Crippen LogP contribution < -0.4 is 4.74 Å². The van der Waals surface area contributed by atoms with Crippen molar-refractivity contribution < 1.29 is 14.6 Å². The van der Waals surface area contributed by atoms with Gasteiger partial charge in [-0.2, -0.15) is 0 Å². The maximum absolute atomic E-state index is 12.5. The van der Waals surface area contributed by atoms with Gasteiger partial charge in [0.15, 0.2) is 6.61 Å². The lowest BCUT2D eigenvalue weighted by molar-refractivity contribution is -0.135.